The van der Waals surface area contributed by atoms with Crippen molar-refractivity contribution in [2.24, 2.45) is 11.5 Å². The highest BCUT2D eigenvalue weighted by atomic mass is 16.4. The third-order valence-corrected chi connectivity index (χ3v) is 1.31. The molecule has 0 bridgehead atoms. The number of amides is 2. The van der Waals surface area contributed by atoms with Crippen LogP contribution in [-0.2, 0) is 4.79 Å². The van der Waals surface area contributed by atoms with E-state index in [1.807, 2.05) is 0 Å². The van der Waals surface area contributed by atoms with Crippen molar-refractivity contribution >= 4 is 12.0 Å². The summed E-state index contributed by atoms with van der Waals surface area (Å²) < 4.78 is 0. The minimum Gasteiger partial charge on any atom is -0.480 e. The average Bonchev–Trinajstić information content (AvgIpc) is 1.97. The summed E-state index contributed by atoms with van der Waals surface area (Å²) in [5.74, 6) is -1.03. The first kappa shape index (κ1) is 18.4. The van der Waals surface area contributed by atoms with Gasteiger partial charge in [-0.05, 0) is 12.8 Å². The first-order valence-electron chi connectivity index (χ1n) is 3.55. The molecular weight excluding hydrogens is 194 g/mol. The van der Waals surface area contributed by atoms with Gasteiger partial charge in [-0.15, -0.1) is 0 Å². The third-order valence-electron chi connectivity index (χ3n) is 1.31. The predicted molar refractivity (Wildman–Crippen MR) is 49.7 cm³/mol. The Labute approximate surface area is 80.9 Å². The van der Waals surface area contributed by atoms with Gasteiger partial charge in [-0.2, -0.15) is 0 Å². The number of carbonyl (C=O) groups is 2. The maximum atomic E-state index is 10.2. The fourth-order valence-electron chi connectivity index (χ4n) is 0.657. The molecule has 0 aliphatic heterocycles. The maximum Gasteiger partial charge on any atom is 0.320 e. The Balaban J connectivity index is -0.000000605. The van der Waals surface area contributed by atoms with Gasteiger partial charge < -0.3 is 32.8 Å². The second kappa shape index (κ2) is 9.71. The van der Waals surface area contributed by atoms with E-state index in [1.165, 1.54) is 0 Å². The van der Waals surface area contributed by atoms with E-state index >= 15 is 0 Å². The number of hydrogen-bond acceptors (Lipinski definition) is 3. The van der Waals surface area contributed by atoms with Crippen LogP contribution in [0.15, 0.2) is 0 Å². The standard InChI is InChI=1S/C6H13N3O3.2H2O/c7-4(5(10)11)2-1-3-9-6(8)12;;/h4H,1-3,7H2,(H,10,11)(H3,8,9,12);2*1H2/t4-;;/m0../s1. The summed E-state index contributed by atoms with van der Waals surface area (Å²) in [7, 11) is 0. The Morgan fingerprint density at radius 3 is 2.21 bits per heavy atom. The lowest BCUT2D eigenvalue weighted by atomic mass is 10.2. The average molecular weight is 211 g/mol. The van der Waals surface area contributed by atoms with Gasteiger partial charge in [0, 0.05) is 6.54 Å². The Bertz CT molecular complexity index is 175. The zero-order valence-electron chi connectivity index (χ0n) is 7.62. The third kappa shape index (κ3) is 10.6. The zero-order chi connectivity index (χ0) is 9.56. The van der Waals surface area contributed by atoms with Gasteiger partial charge >= 0.3 is 12.0 Å². The van der Waals surface area contributed by atoms with Crippen LogP contribution in [0.5, 0.6) is 0 Å². The van der Waals surface area contributed by atoms with E-state index in [9.17, 15) is 9.59 Å². The molecule has 86 valence electrons. The molecule has 0 aliphatic rings. The smallest absolute Gasteiger partial charge is 0.320 e. The quantitative estimate of drug-likeness (QED) is 0.358. The predicted octanol–water partition coefficient (Wildman–Crippen LogP) is -2.80. The van der Waals surface area contributed by atoms with Crippen LogP contribution in [-0.4, -0.2) is 40.6 Å². The molecule has 8 heteroatoms. The van der Waals surface area contributed by atoms with Crippen LogP contribution in [0.25, 0.3) is 0 Å². The molecule has 10 N–H and O–H groups in total. The minimum absolute atomic E-state index is 0. The SMILES string of the molecule is NC(=O)NCCC[C@H](N)C(=O)O.O.O. The monoisotopic (exact) mass is 211 g/mol. The number of rotatable bonds is 5. The molecule has 0 aliphatic carbocycles. The lowest BCUT2D eigenvalue weighted by Gasteiger charge is -2.05. The number of carboxylic acid groups (broad SMARTS) is 1. The maximum absolute atomic E-state index is 10.2. The highest BCUT2D eigenvalue weighted by molar-refractivity contribution is 5.73. The lowest BCUT2D eigenvalue weighted by Crippen LogP contribution is -2.33. The summed E-state index contributed by atoms with van der Waals surface area (Å²) in [5.41, 5.74) is 9.96. The Morgan fingerprint density at radius 1 is 1.36 bits per heavy atom. The minimum atomic E-state index is -1.03. The summed E-state index contributed by atoms with van der Waals surface area (Å²) in [6.07, 6.45) is 0.839. The van der Waals surface area contributed by atoms with Crippen molar-refractivity contribution in [3.8, 4) is 0 Å². The summed E-state index contributed by atoms with van der Waals surface area (Å²) in [6, 6.07) is -1.47. The number of carbonyl (C=O) groups excluding carboxylic acids is 1. The molecular formula is C6H17N3O5. The molecule has 8 nitrogen and oxygen atoms in total. The van der Waals surface area contributed by atoms with Gasteiger partial charge in [0.05, 0.1) is 0 Å². The van der Waals surface area contributed by atoms with Gasteiger partial charge in [0.25, 0.3) is 0 Å². The van der Waals surface area contributed by atoms with E-state index in [0.29, 0.717) is 19.4 Å². The number of urea groups is 1. The van der Waals surface area contributed by atoms with Crippen LogP contribution in [0.2, 0.25) is 0 Å². The largest absolute Gasteiger partial charge is 0.480 e. The van der Waals surface area contributed by atoms with Crippen LogP contribution < -0.4 is 16.8 Å². The van der Waals surface area contributed by atoms with Crippen LogP contribution in [0.4, 0.5) is 4.79 Å². The molecule has 0 rings (SSSR count). The summed E-state index contributed by atoms with van der Waals surface area (Å²) >= 11 is 0. The first-order valence-corrected chi connectivity index (χ1v) is 3.55. The molecule has 0 unspecified atom stereocenters. The summed E-state index contributed by atoms with van der Waals surface area (Å²) in [5, 5.41) is 10.7. The fourth-order valence-corrected chi connectivity index (χ4v) is 0.657. The van der Waals surface area contributed by atoms with E-state index in [4.69, 9.17) is 16.6 Å². The van der Waals surface area contributed by atoms with Gasteiger partial charge in [-0.25, -0.2) is 4.79 Å². The van der Waals surface area contributed by atoms with Crippen molar-refractivity contribution in [2.45, 2.75) is 18.9 Å². The van der Waals surface area contributed by atoms with Crippen molar-refractivity contribution in [3.63, 3.8) is 0 Å². The molecule has 1 atom stereocenters. The molecule has 0 heterocycles. The fraction of sp³-hybridized carbons (Fsp3) is 0.667. The van der Waals surface area contributed by atoms with Crippen LogP contribution in [0, 0.1) is 0 Å². The van der Waals surface area contributed by atoms with Crippen molar-refractivity contribution in [3.05, 3.63) is 0 Å². The number of nitrogens with two attached hydrogens (primary N) is 2. The number of hydrogen-bond donors (Lipinski definition) is 4. The molecule has 0 fully saturated rings. The molecule has 0 aromatic carbocycles. The molecule has 0 spiro atoms. The first-order chi connectivity index (χ1) is 5.54. The van der Waals surface area contributed by atoms with Crippen LogP contribution in [0.1, 0.15) is 12.8 Å². The number of nitrogens with one attached hydrogen (secondary N) is 1. The molecule has 0 saturated heterocycles. The van der Waals surface area contributed by atoms with Crippen molar-refractivity contribution in [2.75, 3.05) is 6.54 Å². The van der Waals surface area contributed by atoms with Gasteiger partial charge in [-0.1, -0.05) is 0 Å². The lowest BCUT2D eigenvalue weighted by molar-refractivity contribution is -0.138. The Kier molecular flexibility index (Phi) is 12.8. The molecule has 14 heavy (non-hydrogen) atoms. The second-order valence-electron chi connectivity index (χ2n) is 2.38. The van der Waals surface area contributed by atoms with Gasteiger partial charge in [0.2, 0.25) is 0 Å². The van der Waals surface area contributed by atoms with Gasteiger partial charge in [0.15, 0.2) is 0 Å². The summed E-state index contributed by atoms with van der Waals surface area (Å²) in [4.78, 5) is 20.3. The Morgan fingerprint density at radius 2 is 1.86 bits per heavy atom. The highest BCUT2D eigenvalue weighted by Gasteiger charge is 2.09. The van der Waals surface area contributed by atoms with Crippen LogP contribution in [0.3, 0.4) is 0 Å². The van der Waals surface area contributed by atoms with Crippen LogP contribution >= 0.6 is 0 Å². The molecule has 2 amide bonds. The Hall–Kier alpha value is -1.38. The normalized spacial score (nSPS) is 10.4. The van der Waals surface area contributed by atoms with Gasteiger partial charge in [-0.3, -0.25) is 4.79 Å². The van der Waals surface area contributed by atoms with Gasteiger partial charge in [0.1, 0.15) is 6.04 Å². The second-order valence-corrected chi connectivity index (χ2v) is 2.38. The van der Waals surface area contributed by atoms with E-state index in [-0.39, 0.29) is 11.0 Å². The van der Waals surface area contributed by atoms with E-state index in [2.05, 4.69) is 5.32 Å². The molecule has 0 radical (unpaired) electrons. The van der Waals surface area contributed by atoms with Crippen molar-refractivity contribution < 1.29 is 25.6 Å². The van der Waals surface area contributed by atoms with E-state index in [0.717, 1.165) is 0 Å². The number of aliphatic carboxylic acids is 1. The topological polar surface area (TPSA) is 181 Å². The van der Waals surface area contributed by atoms with Crippen molar-refractivity contribution in [1.82, 2.24) is 5.32 Å². The van der Waals surface area contributed by atoms with E-state index < -0.39 is 18.0 Å². The summed E-state index contributed by atoms with van der Waals surface area (Å²) in [6.45, 7) is 0.357. The van der Waals surface area contributed by atoms with E-state index in [1.54, 1.807) is 0 Å². The highest BCUT2D eigenvalue weighted by Crippen LogP contribution is 1.92. The number of carboxylic acids is 1. The number of primary amides is 1. The molecule has 0 saturated carbocycles. The zero-order valence-corrected chi connectivity index (χ0v) is 7.62. The molecule has 0 aromatic heterocycles. The van der Waals surface area contributed by atoms with Crippen molar-refractivity contribution in [1.29, 1.82) is 0 Å². The molecule has 0 aromatic rings.